The van der Waals surface area contributed by atoms with Crippen LogP contribution in [0.5, 0.6) is 0 Å². The smallest absolute Gasteiger partial charge is 0.231 e. The number of anilines is 1. The zero-order valence-corrected chi connectivity index (χ0v) is 17.6. The number of fused-ring (bicyclic) bond motifs is 2. The van der Waals surface area contributed by atoms with Gasteiger partial charge in [0, 0.05) is 29.1 Å². The van der Waals surface area contributed by atoms with Crippen LogP contribution in [-0.2, 0) is 16.0 Å². The number of benzene rings is 1. The summed E-state index contributed by atoms with van der Waals surface area (Å²) in [5, 5.41) is 9.85. The van der Waals surface area contributed by atoms with E-state index in [1.165, 1.54) is 19.3 Å². The molecule has 164 valence electrons. The highest BCUT2D eigenvalue weighted by atomic mass is 35.5. The van der Waals surface area contributed by atoms with Crippen LogP contribution in [0, 0.1) is 11.7 Å². The highest BCUT2D eigenvalue weighted by Crippen LogP contribution is 2.39. The molecule has 1 aliphatic rings. The first-order valence-electron chi connectivity index (χ1n) is 9.96. The number of Topliss-reactive ketones (excluding diaryl/α,β-unsaturated/α-hetero) is 1. The molecule has 32 heavy (non-hydrogen) atoms. The number of nitrogens with one attached hydrogen (secondary N) is 2. The Balaban J connectivity index is 1.54. The number of carbonyl (C=O) groups is 2. The van der Waals surface area contributed by atoms with Crippen LogP contribution in [0.1, 0.15) is 25.3 Å². The van der Waals surface area contributed by atoms with Gasteiger partial charge in [-0.25, -0.2) is 13.8 Å². The summed E-state index contributed by atoms with van der Waals surface area (Å²) in [5.74, 6) is -1.48. The fourth-order valence-electron chi connectivity index (χ4n) is 3.70. The lowest BCUT2D eigenvalue weighted by molar-refractivity contribution is -0.118. The van der Waals surface area contributed by atoms with Crippen LogP contribution in [0.3, 0.4) is 0 Å². The first-order valence-corrected chi connectivity index (χ1v) is 10.3. The van der Waals surface area contributed by atoms with Gasteiger partial charge < -0.3 is 14.5 Å². The largest absolute Gasteiger partial charge is 0.309 e. The van der Waals surface area contributed by atoms with Gasteiger partial charge in [-0.3, -0.25) is 14.9 Å². The molecule has 1 aliphatic carbocycles. The number of H-pyrrole nitrogens is 1. The minimum atomic E-state index is -1.10. The monoisotopic (exact) mass is 458 g/mol. The molecule has 4 aromatic rings. The number of rotatable bonds is 6. The van der Waals surface area contributed by atoms with Crippen molar-refractivity contribution in [1.82, 2.24) is 24.6 Å². The molecular weight excluding hydrogens is 442 g/mol. The summed E-state index contributed by atoms with van der Waals surface area (Å²) < 4.78 is 29.9. The number of halogens is 3. The molecule has 1 fully saturated rings. The Morgan fingerprint density at radius 3 is 2.84 bits per heavy atom. The van der Waals surface area contributed by atoms with Crippen molar-refractivity contribution in [2.45, 2.75) is 32.4 Å². The van der Waals surface area contributed by atoms with Crippen LogP contribution in [0.2, 0.25) is 5.02 Å². The topological polar surface area (TPSA) is 105 Å². The maximum absolute atomic E-state index is 15.2. The maximum atomic E-state index is 15.2. The van der Waals surface area contributed by atoms with Crippen molar-refractivity contribution in [3.05, 3.63) is 41.2 Å². The number of amides is 1. The summed E-state index contributed by atoms with van der Waals surface area (Å²) in [4.78, 5) is 32.0. The average molecular weight is 459 g/mol. The minimum absolute atomic E-state index is 0.0592. The Morgan fingerprint density at radius 2 is 2.12 bits per heavy atom. The number of alkyl halides is 1. The Bertz CT molecular complexity index is 1400. The molecule has 3 heterocycles. The van der Waals surface area contributed by atoms with Crippen molar-refractivity contribution >= 4 is 45.7 Å². The quantitative estimate of drug-likeness (QED) is 0.456. The fraction of sp³-hybridized carbons (Fsp3) is 0.286. The van der Waals surface area contributed by atoms with E-state index in [9.17, 15) is 14.0 Å². The third-order valence-electron chi connectivity index (χ3n) is 5.51. The molecule has 0 bridgehead atoms. The van der Waals surface area contributed by atoms with Crippen LogP contribution in [0.4, 0.5) is 14.6 Å². The molecule has 1 amide bonds. The van der Waals surface area contributed by atoms with Gasteiger partial charge in [0.1, 0.15) is 17.8 Å². The zero-order chi connectivity index (χ0) is 22.6. The Hall–Kier alpha value is -3.40. The van der Waals surface area contributed by atoms with Gasteiger partial charge >= 0.3 is 0 Å². The molecule has 5 rings (SSSR count). The third-order valence-corrected chi connectivity index (χ3v) is 5.87. The maximum Gasteiger partial charge on any atom is 0.231 e. The Kier molecular flexibility index (Phi) is 4.89. The van der Waals surface area contributed by atoms with Crippen molar-refractivity contribution in [2.24, 2.45) is 5.92 Å². The molecule has 0 spiro atoms. The molecule has 11 heteroatoms. The molecule has 3 aromatic heterocycles. The van der Waals surface area contributed by atoms with Crippen LogP contribution in [-0.4, -0.2) is 42.4 Å². The van der Waals surface area contributed by atoms with Crippen molar-refractivity contribution in [2.75, 3.05) is 5.32 Å². The van der Waals surface area contributed by atoms with Crippen LogP contribution < -0.4 is 5.32 Å². The van der Waals surface area contributed by atoms with Crippen molar-refractivity contribution < 1.29 is 18.4 Å². The standard InChI is InChI=1S/C21H17ClF2N6O2/c1-9(31)2-3-10-19(24)18(22)17(12-5-26-29-20(10)12)14-7-30-8-15(27-16(30)6-25-14)28-21(32)11-4-13(11)23/h5-8,11,13H,2-4H2,1H3,(H,26,29)(H,28,32)/t11-,13+/m1/s1. The van der Waals surface area contributed by atoms with Crippen LogP contribution in [0.25, 0.3) is 27.8 Å². The van der Waals surface area contributed by atoms with E-state index in [0.29, 0.717) is 33.4 Å². The summed E-state index contributed by atoms with van der Waals surface area (Å²) in [6.45, 7) is 1.44. The number of carbonyl (C=O) groups excluding carboxylic acids is 2. The molecule has 0 saturated heterocycles. The van der Waals surface area contributed by atoms with Gasteiger partial charge in [0.2, 0.25) is 5.91 Å². The van der Waals surface area contributed by atoms with Gasteiger partial charge in [-0.05, 0) is 19.8 Å². The summed E-state index contributed by atoms with van der Waals surface area (Å²) in [6, 6.07) is 0. The lowest BCUT2D eigenvalue weighted by Crippen LogP contribution is -2.15. The number of nitrogens with zero attached hydrogens (tertiary/aromatic N) is 4. The number of hydrogen-bond acceptors (Lipinski definition) is 5. The number of aromatic amines is 1. The molecule has 1 aromatic carbocycles. The Labute approximate surface area is 185 Å². The first-order chi connectivity index (χ1) is 15.3. The summed E-state index contributed by atoms with van der Waals surface area (Å²) in [6.07, 6.45) is 5.65. The second-order valence-corrected chi connectivity index (χ2v) is 8.23. The number of aryl methyl sites for hydroxylation is 1. The molecule has 0 radical (unpaired) electrons. The van der Waals surface area contributed by atoms with Gasteiger partial charge in [0.15, 0.2) is 11.5 Å². The van der Waals surface area contributed by atoms with Gasteiger partial charge in [-0.2, -0.15) is 5.10 Å². The Morgan fingerprint density at radius 1 is 1.34 bits per heavy atom. The van der Waals surface area contributed by atoms with Gasteiger partial charge in [0.25, 0.3) is 0 Å². The van der Waals surface area contributed by atoms with Gasteiger partial charge in [0.05, 0.1) is 40.7 Å². The molecule has 0 aliphatic heterocycles. The van der Waals surface area contributed by atoms with E-state index >= 15 is 4.39 Å². The molecule has 8 nitrogen and oxygen atoms in total. The normalized spacial score (nSPS) is 17.8. The van der Waals surface area contributed by atoms with E-state index in [4.69, 9.17) is 11.6 Å². The predicted molar refractivity (Wildman–Crippen MR) is 114 cm³/mol. The van der Waals surface area contributed by atoms with Crippen LogP contribution in [0.15, 0.2) is 24.8 Å². The first kappa shape index (κ1) is 20.5. The van der Waals surface area contributed by atoms with E-state index in [0.717, 1.165) is 0 Å². The van der Waals surface area contributed by atoms with Crippen molar-refractivity contribution in [3.63, 3.8) is 0 Å². The SMILES string of the molecule is CC(=O)CCc1c(F)c(Cl)c(-c2cn3cc(NC(=O)[C@@H]4C[C@@H]4F)nc3cn2)c2cn[nH]c12. The molecular formula is C21H17ClF2N6O2. The highest BCUT2D eigenvalue weighted by molar-refractivity contribution is 6.35. The lowest BCUT2D eigenvalue weighted by atomic mass is 9.99. The highest BCUT2D eigenvalue weighted by Gasteiger charge is 2.43. The van der Waals surface area contributed by atoms with E-state index in [1.807, 2.05) is 0 Å². The fourth-order valence-corrected chi connectivity index (χ4v) is 4.02. The average Bonchev–Trinajstić information content (AvgIpc) is 3.11. The van der Waals surface area contributed by atoms with E-state index in [2.05, 4.69) is 25.5 Å². The number of hydrogen-bond donors (Lipinski definition) is 2. The molecule has 0 unspecified atom stereocenters. The van der Waals surface area contributed by atoms with E-state index in [1.54, 1.807) is 16.8 Å². The second-order valence-electron chi connectivity index (χ2n) is 7.85. The summed E-state index contributed by atoms with van der Waals surface area (Å²) in [5.41, 5.74) is 1.90. The molecule has 2 atom stereocenters. The van der Waals surface area contributed by atoms with Gasteiger partial charge in [-0.15, -0.1) is 0 Å². The van der Waals surface area contributed by atoms with E-state index < -0.39 is 23.8 Å². The summed E-state index contributed by atoms with van der Waals surface area (Å²) >= 11 is 6.41. The number of aromatic nitrogens is 5. The van der Waals surface area contributed by atoms with E-state index in [-0.39, 0.29) is 35.9 Å². The molecule has 1 saturated carbocycles. The minimum Gasteiger partial charge on any atom is -0.309 e. The third kappa shape index (κ3) is 3.50. The van der Waals surface area contributed by atoms with Crippen molar-refractivity contribution in [3.8, 4) is 11.3 Å². The number of ketones is 1. The summed E-state index contributed by atoms with van der Waals surface area (Å²) in [7, 11) is 0. The van der Waals surface area contributed by atoms with Gasteiger partial charge in [-0.1, -0.05) is 11.6 Å². The number of imidazole rings is 1. The lowest BCUT2D eigenvalue weighted by Gasteiger charge is -2.12. The van der Waals surface area contributed by atoms with Crippen LogP contribution >= 0.6 is 11.6 Å². The predicted octanol–water partition coefficient (Wildman–Crippen LogP) is 3.88. The molecule has 2 N–H and O–H groups in total. The van der Waals surface area contributed by atoms with Crippen molar-refractivity contribution in [1.29, 1.82) is 0 Å². The zero-order valence-electron chi connectivity index (χ0n) is 16.8. The second kappa shape index (κ2) is 7.63.